The second-order valence-electron chi connectivity index (χ2n) is 4.95. The molecule has 0 aromatic heterocycles. The number of unbranched alkanes of at least 4 members (excludes halogenated alkanes) is 2. The molecule has 0 aromatic rings. The first kappa shape index (κ1) is 18.3. The molecule has 1 saturated heterocycles. The summed E-state index contributed by atoms with van der Waals surface area (Å²) in [6, 6.07) is 0. The van der Waals surface area contributed by atoms with E-state index in [1.54, 1.807) is 0 Å². The van der Waals surface area contributed by atoms with E-state index in [1.807, 2.05) is 0 Å². The standard InChI is InChI=1S/C13H24O8/c1-19-9(15)5-3-2-4-6-20-13-12(18)11(17)10(16)8(7-14)21-13/h8,10-14,16-18H,2-7H2,1H3/t8-,10+,11+,12-,13-/m1/s1. The summed E-state index contributed by atoms with van der Waals surface area (Å²) in [5.41, 5.74) is 0. The highest BCUT2D eigenvalue weighted by atomic mass is 16.7. The predicted octanol–water partition coefficient (Wildman–Crippen LogP) is -1.46. The topological polar surface area (TPSA) is 126 Å². The van der Waals surface area contributed by atoms with E-state index in [0.717, 1.165) is 6.42 Å². The Morgan fingerprint density at radius 2 is 1.81 bits per heavy atom. The number of carbonyl (C=O) groups is 1. The van der Waals surface area contributed by atoms with Gasteiger partial charge in [0.1, 0.15) is 24.4 Å². The number of carbonyl (C=O) groups excluding carboxylic acids is 1. The first-order valence-corrected chi connectivity index (χ1v) is 7.00. The van der Waals surface area contributed by atoms with Crippen molar-refractivity contribution in [3.63, 3.8) is 0 Å². The monoisotopic (exact) mass is 308 g/mol. The fourth-order valence-corrected chi connectivity index (χ4v) is 2.05. The second kappa shape index (κ2) is 9.29. The van der Waals surface area contributed by atoms with Gasteiger partial charge >= 0.3 is 5.97 Å². The SMILES string of the molecule is COC(=O)CCCCCO[C@@H]1O[C@H](CO)[C@H](O)[C@H](O)[C@H]1O. The molecule has 0 aliphatic carbocycles. The van der Waals surface area contributed by atoms with Crippen LogP contribution in [0.2, 0.25) is 0 Å². The Morgan fingerprint density at radius 1 is 1.10 bits per heavy atom. The van der Waals surface area contributed by atoms with Crippen molar-refractivity contribution in [2.75, 3.05) is 20.3 Å². The number of esters is 1. The first-order valence-electron chi connectivity index (χ1n) is 7.00. The molecule has 21 heavy (non-hydrogen) atoms. The van der Waals surface area contributed by atoms with Crippen LogP contribution in [-0.2, 0) is 19.0 Å². The third-order valence-corrected chi connectivity index (χ3v) is 3.38. The molecule has 1 rings (SSSR count). The number of aliphatic hydroxyl groups is 4. The van der Waals surface area contributed by atoms with E-state index in [-0.39, 0.29) is 12.6 Å². The van der Waals surface area contributed by atoms with Gasteiger partial charge in [-0.1, -0.05) is 6.42 Å². The van der Waals surface area contributed by atoms with Crippen LogP contribution in [0.3, 0.4) is 0 Å². The van der Waals surface area contributed by atoms with Crippen LogP contribution in [0.15, 0.2) is 0 Å². The van der Waals surface area contributed by atoms with Crippen molar-refractivity contribution in [2.45, 2.75) is 56.4 Å². The highest BCUT2D eigenvalue weighted by Gasteiger charge is 2.43. The number of methoxy groups -OCH3 is 1. The molecule has 0 saturated carbocycles. The summed E-state index contributed by atoms with van der Waals surface area (Å²) in [6.07, 6.45) is -3.85. The molecule has 0 amide bonds. The van der Waals surface area contributed by atoms with Gasteiger partial charge in [0.2, 0.25) is 0 Å². The molecule has 0 bridgehead atoms. The van der Waals surface area contributed by atoms with E-state index in [0.29, 0.717) is 19.3 Å². The maximum absolute atomic E-state index is 10.9. The Kier molecular flexibility index (Phi) is 8.09. The number of ether oxygens (including phenoxy) is 3. The van der Waals surface area contributed by atoms with E-state index < -0.39 is 37.3 Å². The summed E-state index contributed by atoms with van der Waals surface area (Å²) >= 11 is 0. The van der Waals surface area contributed by atoms with E-state index >= 15 is 0 Å². The van der Waals surface area contributed by atoms with Crippen LogP contribution in [-0.4, -0.2) is 77.4 Å². The van der Waals surface area contributed by atoms with Crippen LogP contribution in [0, 0.1) is 0 Å². The Labute approximate surface area is 123 Å². The fraction of sp³-hybridized carbons (Fsp3) is 0.923. The smallest absolute Gasteiger partial charge is 0.305 e. The molecule has 0 spiro atoms. The summed E-state index contributed by atoms with van der Waals surface area (Å²) in [7, 11) is 1.34. The van der Waals surface area contributed by atoms with Gasteiger partial charge in [-0.25, -0.2) is 0 Å². The van der Waals surface area contributed by atoms with E-state index in [9.17, 15) is 20.1 Å². The molecule has 0 radical (unpaired) electrons. The number of hydrogen-bond acceptors (Lipinski definition) is 8. The molecule has 1 aliphatic heterocycles. The van der Waals surface area contributed by atoms with Gasteiger partial charge in [-0.05, 0) is 12.8 Å². The molecule has 1 heterocycles. The van der Waals surface area contributed by atoms with Crippen molar-refractivity contribution in [2.24, 2.45) is 0 Å². The zero-order valence-corrected chi connectivity index (χ0v) is 12.1. The van der Waals surface area contributed by atoms with Gasteiger partial charge in [0, 0.05) is 13.0 Å². The third kappa shape index (κ3) is 5.50. The first-order chi connectivity index (χ1) is 10.0. The van der Waals surface area contributed by atoms with Crippen molar-refractivity contribution in [3.8, 4) is 0 Å². The van der Waals surface area contributed by atoms with Crippen LogP contribution >= 0.6 is 0 Å². The lowest BCUT2D eigenvalue weighted by Gasteiger charge is -2.39. The van der Waals surface area contributed by atoms with Crippen LogP contribution in [0.25, 0.3) is 0 Å². The van der Waals surface area contributed by atoms with Crippen molar-refractivity contribution >= 4 is 5.97 Å². The van der Waals surface area contributed by atoms with Gasteiger partial charge < -0.3 is 34.6 Å². The molecular formula is C13H24O8. The summed E-state index contributed by atoms with van der Waals surface area (Å²) < 4.78 is 15.0. The van der Waals surface area contributed by atoms with Crippen LogP contribution < -0.4 is 0 Å². The van der Waals surface area contributed by atoms with Gasteiger partial charge in [-0.15, -0.1) is 0 Å². The number of aliphatic hydroxyl groups excluding tert-OH is 4. The molecule has 1 aliphatic rings. The summed E-state index contributed by atoms with van der Waals surface area (Å²) in [4.78, 5) is 10.9. The van der Waals surface area contributed by atoms with Crippen LogP contribution in [0.4, 0.5) is 0 Å². The molecule has 1 fully saturated rings. The average molecular weight is 308 g/mol. The highest BCUT2D eigenvalue weighted by Crippen LogP contribution is 2.22. The average Bonchev–Trinajstić information content (AvgIpc) is 2.50. The van der Waals surface area contributed by atoms with Gasteiger partial charge in [-0.2, -0.15) is 0 Å². The predicted molar refractivity (Wildman–Crippen MR) is 70.2 cm³/mol. The summed E-state index contributed by atoms with van der Waals surface area (Å²) in [5, 5.41) is 37.9. The maximum Gasteiger partial charge on any atom is 0.305 e. The van der Waals surface area contributed by atoms with Crippen molar-refractivity contribution in [3.05, 3.63) is 0 Å². The quantitative estimate of drug-likeness (QED) is 0.316. The van der Waals surface area contributed by atoms with E-state index in [4.69, 9.17) is 14.6 Å². The molecule has 124 valence electrons. The largest absolute Gasteiger partial charge is 0.469 e. The second-order valence-corrected chi connectivity index (χ2v) is 4.95. The zero-order chi connectivity index (χ0) is 15.8. The van der Waals surface area contributed by atoms with E-state index in [2.05, 4.69) is 4.74 Å². The molecule has 0 unspecified atom stereocenters. The summed E-state index contributed by atoms with van der Waals surface area (Å²) in [6.45, 7) is -0.214. The van der Waals surface area contributed by atoms with Crippen molar-refractivity contribution < 1.29 is 39.4 Å². The van der Waals surface area contributed by atoms with Gasteiger partial charge in [0.15, 0.2) is 6.29 Å². The molecule has 8 nitrogen and oxygen atoms in total. The van der Waals surface area contributed by atoms with Crippen LogP contribution in [0.1, 0.15) is 25.7 Å². The number of hydrogen-bond donors (Lipinski definition) is 4. The Balaban J connectivity index is 2.23. The van der Waals surface area contributed by atoms with E-state index in [1.165, 1.54) is 7.11 Å². The van der Waals surface area contributed by atoms with Gasteiger partial charge in [0.25, 0.3) is 0 Å². The molecule has 4 N–H and O–H groups in total. The van der Waals surface area contributed by atoms with Crippen molar-refractivity contribution in [1.82, 2.24) is 0 Å². The minimum absolute atomic E-state index is 0.259. The highest BCUT2D eigenvalue weighted by molar-refractivity contribution is 5.68. The fourth-order valence-electron chi connectivity index (χ4n) is 2.05. The summed E-state index contributed by atoms with van der Waals surface area (Å²) in [5.74, 6) is -0.259. The van der Waals surface area contributed by atoms with Crippen LogP contribution in [0.5, 0.6) is 0 Å². The normalized spacial score (nSPS) is 32.9. The third-order valence-electron chi connectivity index (χ3n) is 3.38. The molecule has 8 heteroatoms. The molecule has 5 atom stereocenters. The van der Waals surface area contributed by atoms with Crippen molar-refractivity contribution in [1.29, 1.82) is 0 Å². The molecule has 0 aromatic carbocycles. The molecular weight excluding hydrogens is 284 g/mol. The lowest BCUT2D eigenvalue weighted by atomic mass is 9.99. The Hall–Kier alpha value is -0.770. The minimum Gasteiger partial charge on any atom is -0.469 e. The zero-order valence-electron chi connectivity index (χ0n) is 12.1. The maximum atomic E-state index is 10.9. The minimum atomic E-state index is -1.43. The number of rotatable bonds is 8. The lowest BCUT2D eigenvalue weighted by molar-refractivity contribution is -0.301. The Bertz CT molecular complexity index is 309. The Morgan fingerprint density at radius 3 is 2.43 bits per heavy atom. The van der Waals surface area contributed by atoms with Gasteiger partial charge in [0.05, 0.1) is 13.7 Å². The van der Waals surface area contributed by atoms with Gasteiger partial charge in [-0.3, -0.25) is 4.79 Å². The lowest BCUT2D eigenvalue weighted by Crippen LogP contribution is -2.59.